The molecule has 0 saturated carbocycles. The third-order valence-corrected chi connectivity index (χ3v) is 4.16. The van der Waals surface area contributed by atoms with Gasteiger partial charge >= 0.3 is 5.97 Å². The van der Waals surface area contributed by atoms with Crippen LogP contribution in [0, 0.1) is 13.8 Å². The van der Waals surface area contributed by atoms with Crippen LogP contribution in [0.15, 0.2) is 54.8 Å². The SMILES string of the molecule is C=CCn1c(C)cc(C(=O)COC(=O)/C(=C/c2ccccc2)NC(C)=O)c1C. The van der Waals surface area contributed by atoms with Gasteiger partial charge in [-0.05, 0) is 31.6 Å². The normalized spacial score (nSPS) is 11.0. The zero-order valence-electron chi connectivity index (χ0n) is 16.3. The maximum atomic E-state index is 12.5. The quantitative estimate of drug-likeness (QED) is 0.330. The Morgan fingerprint density at radius 1 is 1.18 bits per heavy atom. The summed E-state index contributed by atoms with van der Waals surface area (Å²) in [6.45, 7) is 8.93. The van der Waals surface area contributed by atoms with Gasteiger partial charge in [-0.1, -0.05) is 36.4 Å². The largest absolute Gasteiger partial charge is 0.453 e. The molecule has 1 amide bonds. The number of amides is 1. The van der Waals surface area contributed by atoms with Gasteiger partial charge in [0.15, 0.2) is 6.61 Å². The molecular weight excluding hydrogens is 356 g/mol. The molecule has 1 heterocycles. The number of Topliss-reactive ketones (excluding diaryl/α,β-unsaturated/α-hetero) is 1. The van der Waals surface area contributed by atoms with Crippen LogP contribution in [-0.2, 0) is 20.9 Å². The van der Waals surface area contributed by atoms with Gasteiger partial charge in [0.25, 0.3) is 0 Å². The predicted molar refractivity (Wildman–Crippen MR) is 108 cm³/mol. The van der Waals surface area contributed by atoms with E-state index in [1.54, 1.807) is 24.3 Å². The van der Waals surface area contributed by atoms with Gasteiger partial charge in [0.2, 0.25) is 11.7 Å². The van der Waals surface area contributed by atoms with Crippen LogP contribution in [0.4, 0.5) is 0 Å². The second-order valence-electron chi connectivity index (χ2n) is 6.33. The number of hydrogen-bond donors (Lipinski definition) is 1. The van der Waals surface area contributed by atoms with Crippen LogP contribution in [0.25, 0.3) is 6.08 Å². The summed E-state index contributed by atoms with van der Waals surface area (Å²) in [6, 6.07) is 10.8. The third-order valence-electron chi connectivity index (χ3n) is 4.16. The van der Waals surface area contributed by atoms with Crippen molar-refractivity contribution in [2.45, 2.75) is 27.3 Å². The Labute approximate surface area is 164 Å². The van der Waals surface area contributed by atoms with Crippen LogP contribution in [0.2, 0.25) is 0 Å². The number of nitrogens with zero attached hydrogens (tertiary/aromatic N) is 1. The summed E-state index contributed by atoms with van der Waals surface area (Å²) in [5.74, 6) is -1.48. The highest BCUT2D eigenvalue weighted by Crippen LogP contribution is 2.16. The number of carbonyl (C=O) groups is 3. The minimum absolute atomic E-state index is 0.0244. The number of ether oxygens (including phenoxy) is 1. The van der Waals surface area contributed by atoms with Gasteiger partial charge in [-0.3, -0.25) is 9.59 Å². The second kappa shape index (κ2) is 9.50. The fraction of sp³-hybridized carbons (Fsp3) is 0.227. The Balaban J connectivity index is 2.13. The first-order chi connectivity index (χ1) is 13.3. The van der Waals surface area contributed by atoms with Gasteiger partial charge in [-0.15, -0.1) is 6.58 Å². The summed E-state index contributed by atoms with van der Waals surface area (Å²) in [4.78, 5) is 36.3. The summed E-state index contributed by atoms with van der Waals surface area (Å²) >= 11 is 0. The highest BCUT2D eigenvalue weighted by Gasteiger charge is 2.19. The van der Waals surface area contributed by atoms with Gasteiger partial charge in [0, 0.05) is 30.4 Å². The predicted octanol–water partition coefficient (Wildman–Crippen LogP) is 3.19. The molecule has 2 aromatic rings. The van der Waals surface area contributed by atoms with E-state index in [1.165, 1.54) is 13.0 Å². The van der Waals surface area contributed by atoms with Gasteiger partial charge in [-0.2, -0.15) is 0 Å². The average Bonchev–Trinajstić information content (AvgIpc) is 2.94. The lowest BCUT2D eigenvalue weighted by Crippen LogP contribution is -2.27. The molecule has 28 heavy (non-hydrogen) atoms. The standard InChI is InChI=1S/C22H24N2O4/c1-5-11-24-15(2)12-19(16(24)3)21(26)14-28-22(27)20(23-17(4)25)13-18-9-7-6-8-10-18/h5-10,12-13H,1,11,14H2,2-4H3,(H,23,25)/b20-13-. The van der Waals surface area contributed by atoms with Gasteiger partial charge in [0.1, 0.15) is 5.70 Å². The van der Waals surface area contributed by atoms with Crippen LogP contribution in [0.1, 0.15) is 34.2 Å². The number of aromatic nitrogens is 1. The number of nitrogens with one attached hydrogen (secondary N) is 1. The number of esters is 1. The van der Waals surface area contributed by atoms with Crippen molar-refractivity contribution in [1.82, 2.24) is 9.88 Å². The van der Waals surface area contributed by atoms with E-state index in [9.17, 15) is 14.4 Å². The lowest BCUT2D eigenvalue weighted by atomic mass is 10.1. The molecule has 1 aromatic heterocycles. The van der Waals surface area contributed by atoms with E-state index in [4.69, 9.17) is 4.74 Å². The van der Waals surface area contributed by atoms with Crippen LogP contribution in [0.3, 0.4) is 0 Å². The summed E-state index contributed by atoms with van der Waals surface area (Å²) in [7, 11) is 0. The molecule has 146 valence electrons. The fourth-order valence-electron chi connectivity index (χ4n) is 2.83. The molecule has 6 heteroatoms. The highest BCUT2D eigenvalue weighted by molar-refractivity contribution is 6.02. The Kier molecular flexibility index (Phi) is 7.09. The fourth-order valence-corrected chi connectivity index (χ4v) is 2.83. The number of benzene rings is 1. The average molecular weight is 380 g/mol. The molecule has 0 atom stereocenters. The van der Waals surface area contributed by atoms with E-state index in [2.05, 4.69) is 11.9 Å². The molecule has 1 aromatic carbocycles. The minimum Gasteiger partial charge on any atom is -0.453 e. The topological polar surface area (TPSA) is 77.4 Å². The van der Waals surface area contributed by atoms with Crippen molar-refractivity contribution in [2.75, 3.05) is 6.61 Å². The van der Waals surface area contributed by atoms with Crippen LogP contribution >= 0.6 is 0 Å². The number of ketones is 1. The van der Waals surface area contributed by atoms with E-state index in [0.717, 1.165) is 17.0 Å². The molecule has 0 aliphatic rings. The van der Waals surface area contributed by atoms with Crippen molar-refractivity contribution in [3.05, 3.63) is 77.3 Å². The van der Waals surface area contributed by atoms with Crippen molar-refractivity contribution in [3.8, 4) is 0 Å². The highest BCUT2D eigenvalue weighted by atomic mass is 16.5. The second-order valence-corrected chi connectivity index (χ2v) is 6.33. The lowest BCUT2D eigenvalue weighted by Gasteiger charge is -2.09. The summed E-state index contributed by atoms with van der Waals surface area (Å²) in [5, 5.41) is 2.45. The van der Waals surface area contributed by atoms with Crippen LogP contribution < -0.4 is 5.32 Å². The number of aryl methyl sites for hydroxylation is 1. The summed E-state index contributed by atoms with van der Waals surface area (Å²) < 4.78 is 7.12. The zero-order valence-corrected chi connectivity index (χ0v) is 16.3. The molecule has 0 fully saturated rings. The van der Waals surface area contributed by atoms with E-state index < -0.39 is 18.5 Å². The van der Waals surface area contributed by atoms with Gasteiger partial charge < -0.3 is 14.6 Å². The first-order valence-corrected chi connectivity index (χ1v) is 8.85. The molecular formula is C22H24N2O4. The van der Waals surface area contributed by atoms with Crippen LogP contribution in [0.5, 0.6) is 0 Å². The van der Waals surface area contributed by atoms with E-state index >= 15 is 0 Å². The maximum absolute atomic E-state index is 12.5. The number of rotatable bonds is 8. The summed E-state index contributed by atoms with van der Waals surface area (Å²) in [6.07, 6.45) is 3.26. The molecule has 1 N–H and O–H groups in total. The number of hydrogen-bond acceptors (Lipinski definition) is 4. The van der Waals surface area contributed by atoms with Crippen LogP contribution in [-0.4, -0.2) is 28.8 Å². The van der Waals surface area contributed by atoms with Gasteiger partial charge in [-0.25, -0.2) is 4.79 Å². The molecule has 0 radical (unpaired) electrons. The van der Waals surface area contributed by atoms with E-state index in [1.807, 2.05) is 36.6 Å². The lowest BCUT2D eigenvalue weighted by molar-refractivity contribution is -0.139. The molecule has 6 nitrogen and oxygen atoms in total. The van der Waals surface area contributed by atoms with Crippen molar-refractivity contribution in [1.29, 1.82) is 0 Å². The van der Waals surface area contributed by atoms with Crippen molar-refractivity contribution < 1.29 is 19.1 Å². The van der Waals surface area contributed by atoms with Crippen molar-refractivity contribution >= 4 is 23.7 Å². The molecule has 0 spiro atoms. The molecule has 0 aliphatic carbocycles. The number of carbonyl (C=O) groups excluding carboxylic acids is 3. The maximum Gasteiger partial charge on any atom is 0.355 e. The van der Waals surface area contributed by atoms with E-state index in [-0.39, 0.29) is 11.5 Å². The summed E-state index contributed by atoms with van der Waals surface area (Å²) in [5.41, 5.74) is 2.92. The van der Waals surface area contributed by atoms with Crippen molar-refractivity contribution in [3.63, 3.8) is 0 Å². The Morgan fingerprint density at radius 3 is 2.46 bits per heavy atom. The molecule has 0 bridgehead atoms. The minimum atomic E-state index is -0.771. The Morgan fingerprint density at radius 2 is 1.86 bits per heavy atom. The molecule has 0 unspecified atom stereocenters. The van der Waals surface area contributed by atoms with Gasteiger partial charge in [0.05, 0.1) is 0 Å². The third kappa shape index (κ3) is 5.30. The monoisotopic (exact) mass is 380 g/mol. The zero-order chi connectivity index (χ0) is 20.7. The Hall–Kier alpha value is -3.41. The molecule has 0 aliphatic heterocycles. The first-order valence-electron chi connectivity index (χ1n) is 8.85. The van der Waals surface area contributed by atoms with Crippen molar-refractivity contribution in [2.24, 2.45) is 0 Å². The molecule has 2 rings (SSSR count). The Bertz CT molecular complexity index is 924. The number of allylic oxidation sites excluding steroid dienone is 1. The smallest absolute Gasteiger partial charge is 0.355 e. The first kappa shape index (κ1) is 20.9. The molecule has 0 saturated heterocycles. The van der Waals surface area contributed by atoms with E-state index in [0.29, 0.717) is 12.1 Å².